The zero-order valence-electron chi connectivity index (χ0n) is 12.7. The predicted molar refractivity (Wildman–Crippen MR) is 85.0 cm³/mol. The molecule has 3 nitrogen and oxygen atoms in total. The standard InChI is InChI=1S/C18H26N2O/c21-18(13-19-12-15-9-10-15)20-17-8-4-7-16(17)11-14-5-2-1-3-6-14/h1-3,5-6,15-17,19H,4,7-13H2,(H,20,21). The van der Waals surface area contributed by atoms with E-state index in [1.165, 1.54) is 31.2 Å². The molecule has 2 saturated carbocycles. The smallest absolute Gasteiger partial charge is 0.234 e. The molecule has 3 rings (SSSR count). The second-order valence-corrected chi connectivity index (χ2v) is 6.63. The van der Waals surface area contributed by atoms with E-state index in [1.807, 2.05) is 0 Å². The molecule has 3 heteroatoms. The van der Waals surface area contributed by atoms with E-state index >= 15 is 0 Å². The van der Waals surface area contributed by atoms with Crippen LogP contribution in [-0.2, 0) is 11.2 Å². The fourth-order valence-corrected chi connectivity index (χ4v) is 3.36. The molecule has 114 valence electrons. The van der Waals surface area contributed by atoms with Gasteiger partial charge in [-0.2, -0.15) is 0 Å². The monoisotopic (exact) mass is 286 g/mol. The molecule has 0 radical (unpaired) electrons. The minimum atomic E-state index is 0.167. The number of hydrogen-bond donors (Lipinski definition) is 2. The Morgan fingerprint density at radius 3 is 2.67 bits per heavy atom. The van der Waals surface area contributed by atoms with Crippen LogP contribution < -0.4 is 10.6 Å². The predicted octanol–water partition coefficient (Wildman–Crippen LogP) is 2.51. The van der Waals surface area contributed by atoms with Crippen LogP contribution >= 0.6 is 0 Å². The molecule has 0 saturated heterocycles. The van der Waals surface area contributed by atoms with E-state index in [9.17, 15) is 4.79 Å². The molecule has 2 N–H and O–H groups in total. The second-order valence-electron chi connectivity index (χ2n) is 6.63. The number of benzene rings is 1. The lowest BCUT2D eigenvalue weighted by atomic mass is 9.94. The molecule has 21 heavy (non-hydrogen) atoms. The van der Waals surface area contributed by atoms with Crippen LogP contribution in [0.5, 0.6) is 0 Å². The van der Waals surface area contributed by atoms with Gasteiger partial charge >= 0.3 is 0 Å². The Bertz CT molecular complexity index is 456. The van der Waals surface area contributed by atoms with E-state index in [2.05, 4.69) is 41.0 Å². The molecular weight excluding hydrogens is 260 g/mol. The number of carbonyl (C=O) groups is 1. The van der Waals surface area contributed by atoms with Gasteiger partial charge in [0.25, 0.3) is 0 Å². The number of hydrogen-bond acceptors (Lipinski definition) is 2. The summed E-state index contributed by atoms with van der Waals surface area (Å²) >= 11 is 0. The maximum absolute atomic E-state index is 12.0. The molecule has 2 atom stereocenters. The second kappa shape index (κ2) is 7.08. The quantitative estimate of drug-likeness (QED) is 0.808. The summed E-state index contributed by atoms with van der Waals surface area (Å²) in [6.07, 6.45) is 7.34. The fourth-order valence-electron chi connectivity index (χ4n) is 3.36. The zero-order valence-corrected chi connectivity index (χ0v) is 12.7. The summed E-state index contributed by atoms with van der Waals surface area (Å²) in [6, 6.07) is 11.0. The van der Waals surface area contributed by atoms with Gasteiger partial charge in [0, 0.05) is 6.04 Å². The van der Waals surface area contributed by atoms with Gasteiger partial charge in [-0.25, -0.2) is 0 Å². The van der Waals surface area contributed by atoms with E-state index in [-0.39, 0.29) is 5.91 Å². The highest BCUT2D eigenvalue weighted by molar-refractivity contribution is 5.78. The van der Waals surface area contributed by atoms with Crippen LogP contribution in [0.1, 0.15) is 37.7 Å². The average molecular weight is 286 g/mol. The summed E-state index contributed by atoms with van der Waals surface area (Å²) in [5.74, 6) is 1.59. The Kier molecular flexibility index (Phi) is 4.91. The average Bonchev–Trinajstić information content (AvgIpc) is 3.22. The van der Waals surface area contributed by atoms with Crippen molar-refractivity contribution in [3.8, 4) is 0 Å². The number of amides is 1. The number of rotatable bonds is 7. The van der Waals surface area contributed by atoms with Gasteiger partial charge in [0.2, 0.25) is 5.91 Å². The molecule has 2 fully saturated rings. The Labute approximate surface area is 127 Å². The number of carbonyl (C=O) groups excluding carboxylic acids is 1. The third-order valence-electron chi connectivity index (χ3n) is 4.76. The van der Waals surface area contributed by atoms with E-state index < -0.39 is 0 Å². The van der Waals surface area contributed by atoms with Crippen molar-refractivity contribution in [3.05, 3.63) is 35.9 Å². The van der Waals surface area contributed by atoms with Gasteiger partial charge in [0.1, 0.15) is 0 Å². The summed E-state index contributed by atoms with van der Waals surface area (Å²) in [5.41, 5.74) is 1.38. The highest BCUT2D eigenvalue weighted by atomic mass is 16.2. The topological polar surface area (TPSA) is 41.1 Å². The van der Waals surface area contributed by atoms with Crippen molar-refractivity contribution < 1.29 is 4.79 Å². The minimum Gasteiger partial charge on any atom is -0.352 e. The summed E-state index contributed by atoms with van der Waals surface area (Å²) in [6.45, 7) is 1.48. The lowest BCUT2D eigenvalue weighted by Gasteiger charge is -2.21. The van der Waals surface area contributed by atoms with Gasteiger partial charge in [0.15, 0.2) is 0 Å². The van der Waals surface area contributed by atoms with Crippen LogP contribution in [0, 0.1) is 11.8 Å². The van der Waals surface area contributed by atoms with Crippen LogP contribution in [0.25, 0.3) is 0 Å². The molecule has 2 unspecified atom stereocenters. The van der Waals surface area contributed by atoms with Crippen molar-refractivity contribution in [2.75, 3.05) is 13.1 Å². The maximum Gasteiger partial charge on any atom is 0.234 e. The summed E-state index contributed by atoms with van der Waals surface area (Å²) < 4.78 is 0. The molecule has 1 amide bonds. The number of nitrogens with one attached hydrogen (secondary N) is 2. The van der Waals surface area contributed by atoms with Crippen molar-refractivity contribution in [1.82, 2.24) is 10.6 Å². The Morgan fingerprint density at radius 1 is 1.10 bits per heavy atom. The van der Waals surface area contributed by atoms with E-state index in [0.29, 0.717) is 18.5 Å². The van der Waals surface area contributed by atoms with Gasteiger partial charge in [-0.1, -0.05) is 36.8 Å². The van der Waals surface area contributed by atoms with Crippen molar-refractivity contribution in [2.45, 2.75) is 44.6 Å². The molecule has 2 aliphatic carbocycles. The highest BCUT2D eigenvalue weighted by Gasteiger charge is 2.28. The van der Waals surface area contributed by atoms with Crippen molar-refractivity contribution in [1.29, 1.82) is 0 Å². The molecule has 0 bridgehead atoms. The third-order valence-corrected chi connectivity index (χ3v) is 4.76. The first-order valence-corrected chi connectivity index (χ1v) is 8.35. The van der Waals surface area contributed by atoms with Crippen LogP contribution in [0.3, 0.4) is 0 Å². The van der Waals surface area contributed by atoms with Crippen LogP contribution in [0.2, 0.25) is 0 Å². The van der Waals surface area contributed by atoms with Gasteiger partial charge in [-0.15, -0.1) is 0 Å². The third kappa shape index (κ3) is 4.57. The largest absolute Gasteiger partial charge is 0.352 e. The van der Waals surface area contributed by atoms with Crippen LogP contribution in [0.15, 0.2) is 30.3 Å². The normalized spacial score (nSPS) is 25.0. The van der Waals surface area contributed by atoms with Crippen molar-refractivity contribution in [3.63, 3.8) is 0 Å². The first-order valence-electron chi connectivity index (χ1n) is 8.35. The molecule has 2 aliphatic rings. The van der Waals surface area contributed by atoms with Gasteiger partial charge in [-0.3, -0.25) is 4.79 Å². The molecule has 0 spiro atoms. The first-order chi connectivity index (χ1) is 10.3. The molecule has 1 aromatic rings. The lowest BCUT2D eigenvalue weighted by molar-refractivity contribution is -0.121. The van der Waals surface area contributed by atoms with Crippen molar-refractivity contribution >= 4 is 5.91 Å². The Morgan fingerprint density at radius 2 is 1.90 bits per heavy atom. The van der Waals surface area contributed by atoms with Crippen LogP contribution in [-0.4, -0.2) is 25.0 Å². The van der Waals surface area contributed by atoms with Gasteiger partial charge < -0.3 is 10.6 Å². The highest BCUT2D eigenvalue weighted by Crippen LogP contribution is 2.29. The SMILES string of the molecule is O=C(CNCC1CC1)NC1CCCC1Cc1ccccc1. The van der Waals surface area contributed by atoms with Crippen LogP contribution in [0.4, 0.5) is 0 Å². The minimum absolute atomic E-state index is 0.167. The summed E-state index contributed by atoms with van der Waals surface area (Å²) in [4.78, 5) is 12.0. The maximum atomic E-state index is 12.0. The Balaban J connectivity index is 1.43. The molecule has 0 aromatic heterocycles. The molecule has 0 heterocycles. The summed E-state index contributed by atoms with van der Waals surface area (Å²) in [7, 11) is 0. The fraction of sp³-hybridized carbons (Fsp3) is 0.611. The molecule has 1 aromatic carbocycles. The van der Waals surface area contributed by atoms with E-state index in [4.69, 9.17) is 0 Å². The van der Waals surface area contributed by atoms with Gasteiger partial charge in [-0.05, 0) is 56.0 Å². The Hall–Kier alpha value is -1.35. The van der Waals surface area contributed by atoms with Crippen molar-refractivity contribution in [2.24, 2.45) is 11.8 Å². The lowest BCUT2D eigenvalue weighted by Crippen LogP contribution is -2.42. The molecular formula is C18H26N2O. The zero-order chi connectivity index (χ0) is 14.5. The van der Waals surface area contributed by atoms with E-state index in [0.717, 1.165) is 25.3 Å². The first kappa shape index (κ1) is 14.6. The molecule has 0 aliphatic heterocycles. The summed E-state index contributed by atoms with van der Waals surface area (Å²) in [5, 5.41) is 6.52. The van der Waals surface area contributed by atoms with E-state index in [1.54, 1.807) is 0 Å². The van der Waals surface area contributed by atoms with Gasteiger partial charge in [0.05, 0.1) is 6.54 Å².